The van der Waals surface area contributed by atoms with Gasteiger partial charge >= 0.3 is 0 Å². The summed E-state index contributed by atoms with van der Waals surface area (Å²) in [5.74, 6) is 0. The third-order valence-corrected chi connectivity index (χ3v) is 2.43. The van der Waals surface area contributed by atoms with Crippen LogP contribution in [0, 0.1) is 0 Å². The quantitative estimate of drug-likeness (QED) is 0.740. The van der Waals surface area contributed by atoms with Gasteiger partial charge in [-0.25, -0.2) is 4.98 Å². The highest BCUT2D eigenvalue weighted by Crippen LogP contribution is 2.11. The third kappa shape index (κ3) is 1.88. The van der Waals surface area contributed by atoms with Crippen molar-refractivity contribution in [3.8, 4) is 0 Å². The number of nitrogens with two attached hydrogens (primary N) is 1. The Labute approximate surface area is 80.0 Å². The van der Waals surface area contributed by atoms with Crippen molar-refractivity contribution in [3.05, 3.63) is 23.5 Å². The minimum atomic E-state index is 0.547. The van der Waals surface area contributed by atoms with E-state index in [0.717, 1.165) is 10.7 Å². The smallest absolute Gasteiger partial charge is 0.193 e. The number of ether oxygens (including phenoxy) is 1. The summed E-state index contributed by atoms with van der Waals surface area (Å²) in [6.45, 7) is 1.69. The molecule has 2 N–H and O–H groups in total. The highest BCUT2D eigenvalue weighted by molar-refractivity contribution is 7.15. The molecule has 2 aromatic heterocycles. The molecule has 2 heterocycles. The van der Waals surface area contributed by atoms with Gasteiger partial charge in [-0.15, -0.1) is 11.3 Å². The van der Waals surface area contributed by atoms with E-state index >= 15 is 0 Å². The summed E-state index contributed by atoms with van der Waals surface area (Å²) >= 11 is 1.62. The van der Waals surface area contributed by atoms with E-state index in [1.165, 1.54) is 0 Å². The summed E-state index contributed by atoms with van der Waals surface area (Å²) < 4.78 is 7.26. The maximum Gasteiger partial charge on any atom is 0.193 e. The Hall–Kier alpha value is -0.910. The van der Waals surface area contributed by atoms with E-state index in [1.807, 2.05) is 22.2 Å². The number of fused-ring (bicyclic) bond motifs is 1. The monoisotopic (exact) mass is 197 g/mol. The van der Waals surface area contributed by atoms with Gasteiger partial charge in [0.05, 0.1) is 18.9 Å². The van der Waals surface area contributed by atoms with E-state index in [4.69, 9.17) is 10.5 Å². The first kappa shape index (κ1) is 8.68. The maximum absolute atomic E-state index is 5.30. The molecule has 0 saturated carbocycles. The molecule has 0 radical (unpaired) electrons. The van der Waals surface area contributed by atoms with Gasteiger partial charge in [0.2, 0.25) is 0 Å². The van der Waals surface area contributed by atoms with Gasteiger partial charge in [-0.1, -0.05) is 0 Å². The average Bonchev–Trinajstić information content (AvgIpc) is 2.64. The molecule has 0 fully saturated rings. The fourth-order valence-corrected chi connectivity index (χ4v) is 1.82. The van der Waals surface area contributed by atoms with Crippen LogP contribution in [0.15, 0.2) is 17.8 Å². The van der Waals surface area contributed by atoms with Crippen molar-refractivity contribution in [2.75, 3.05) is 13.2 Å². The van der Waals surface area contributed by atoms with Crippen LogP contribution in [0.4, 0.5) is 0 Å². The molecule has 0 atom stereocenters. The number of thiazole rings is 1. The lowest BCUT2D eigenvalue weighted by atomic mass is 10.5. The average molecular weight is 197 g/mol. The second-order valence-electron chi connectivity index (χ2n) is 2.67. The minimum Gasteiger partial charge on any atom is -0.374 e. The SMILES string of the molecule is NCCOCc1cn2ccsc2n1. The number of aromatic nitrogens is 2. The van der Waals surface area contributed by atoms with Crippen molar-refractivity contribution in [2.24, 2.45) is 5.73 Å². The molecule has 0 aliphatic heterocycles. The number of imidazole rings is 1. The summed E-state index contributed by atoms with van der Waals surface area (Å²) in [5, 5.41) is 2.01. The predicted octanol–water partition coefficient (Wildman–Crippen LogP) is 0.871. The van der Waals surface area contributed by atoms with Gasteiger partial charge in [-0.2, -0.15) is 0 Å². The fraction of sp³-hybridized carbons (Fsp3) is 0.375. The van der Waals surface area contributed by atoms with E-state index in [9.17, 15) is 0 Å². The molecule has 13 heavy (non-hydrogen) atoms. The van der Waals surface area contributed by atoms with Gasteiger partial charge in [-0.05, 0) is 0 Å². The molecule has 4 nitrogen and oxygen atoms in total. The molecule has 0 amide bonds. The zero-order valence-electron chi connectivity index (χ0n) is 7.14. The molecule has 0 unspecified atom stereocenters. The first-order valence-electron chi connectivity index (χ1n) is 4.09. The van der Waals surface area contributed by atoms with Gasteiger partial charge < -0.3 is 10.5 Å². The van der Waals surface area contributed by atoms with Crippen molar-refractivity contribution >= 4 is 16.3 Å². The lowest BCUT2D eigenvalue weighted by Gasteiger charge is -1.96. The second-order valence-corrected chi connectivity index (χ2v) is 3.54. The van der Waals surface area contributed by atoms with Gasteiger partial charge in [0.1, 0.15) is 0 Å². The van der Waals surface area contributed by atoms with E-state index in [1.54, 1.807) is 11.3 Å². The molecule has 0 bridgehead atoms. The van der Waals surface area contributed by atoms with E-state index in [-0.39, 0.29) is 0 Å². The summed E-state index contributed by atoms with van der Waals surface area (Å²) in [6.07, 6.45) is 3.96. The largest absolute Gasteiger partial charge is 0.374 e. The number of nitrogens with zero attached hydrogens (tertiary/aromatic N) is 2. The fourth-order valence-electron chi connectivity index (χ4n) is 1.11. The predicted molar refractivity (Wildman–Crippen MR) is 51.8 cm³/mol. The highest BCUT2D eigenvalue weighted by Gasteiger charge is 2.01. The van der Waals surface area contributed by atoms with Crippen molar-refractivity contribution in [2.45, 2.75) is 6.61 Å². The molecule has 0 aliphatic rings. The van der Waals surface area contributed by atoms with Crippen LogP contribution in [0.3, 0.4) is 0 Å². The van der Waals surface area contributed by atoms with Gasteiger partial charge in [0.15, 0.2) is 4.96 Å². The summed E-state index contributed by atoms with van der Waals surface area (Å²) in [5.41, 5.74) is 6.26. The van der Waals surface area contributed by atoms with Crippen molar-refractivity contribution in [1.29, 1.82) is 0 Å². The third-order valence-electron chi connectivity index (χ3n) is 1.66. The Morgan fingerprint density at radius 3 is 3.31 bits per heavy atom. The Balaban J connectivity index is 2.03. The van der Waals surface area contributed by atoms with Crippen molar-refractivity contribution in [3.63, 3.8) is 0 Å². The Morgan fingerprint density at radius 2 is 2.54 bits per heavy atom. The Bertz CT molecular complexity index is 353. The Morgan fingerprint density at radius 1 is 1.62 bits per heavy atom. The lowest BCUT2D eigenvalue weighted by Crippen LogP contribution is -2.08. The number of rotatable bonds is 4. The molecule has 2 aromatic rings. The van der Waals surface area contributed by atoms with Crippen LogP contribution in [0.5, 0.6) is 0 Å². The van der Waals surface area contributed by atoms with Crippen LogP contribution in [0.25, 0.3) is 4.96 Å². The maximum atomic E-state index is 5.30. The first-order chi connectivity index (χ1) is 6.40. The molecular formula is C8H11N3OS. The first-order valence-corrected chi connectivity index (χ1v) is 4.97. The molecule has 0 saturated heterocycles. The Kier molecular flexibility index (Phi) is 2.58. The van der Waals surface area contributed by atoms with Crippen LogP contribution in [-0.2, 0) is 11.3 Å². The number of hydrogen-bond donors (Lipinski definition) is 1. The lowest BCUT2D eigenvalue weighted by molar-refractivity contribution is 0.126. The zero-order chi connectivity index (χ0) is 9.10. The van der Waals surface area contributed by atoms with Crippen LogP contribution in [0.2, 0.25) is 0 Å². The summed E-state index contributed by atoms with van der Waals surface area (Å²) in [6, 6.07) is 0. The summed E-state index contributed by atoms with van der Waals surface area (Å²) in [4.78, 5) is 5.37. The molecule has 0 aliphatic carbocycles. The normalized spacial score (nSPS) is 11.2. The molecule has 0 spiro atoms. The van der Waals surface area contributed by atoms with E-state index < -0.39 is 0 Å². The molecular weight excluding hydrogens is 186 g/mol. The van der Waals surface area contributed by atoms with Gasteiger partial charge in [0, 0.05) is 24.3 Å². The van der Waals surface area contributed by atoms with Crippen molar-refractivity contribution in [1.82, 2.24) is 9.38 Å². The number of hydrogen-bond acceptors (Lipinski definition) is 4. The van der Waals surface area contributed by atoms with Gasteiger partial charge in [0.25, 0.3) is 0 Å². The van der Waals surface area contributed by atoms with Crippen LogP contribution in [0.1, 0.15) is 5.69 Å². The van der Waals surface area contributed by atoms with Crippen molar-refractivity contribution < 1.29 is 4.74 Å². The van der Waals surface area contributed by atoms with E-state index in [0.29, 0.717) is 19.8 Å². The molecule has 5 heteroatoms. The topological polar surface area (TPSA) is 52.5 Å². The minimum absolute atomic E-state index is 0.547. The van der Waals surface area contributed by atoms with Crippen LogP contribution in [-0.4, -0.2) is 22.5 Å². The second kappa shape index (κ2) is 3.87. The molecule has 70 valence electrons. The van der Waals surface area contributed by atoms with Crippen LogP contribution >= 0.6 is 11.3 Å². The molecule has 2 rings (SSSR count). The summed E-state index contributed by atoms with van der Waals surface area (Å²) in [7, 11) is 0. The molecule has 0 aromatic carbocycles. The highest BCUT2D eigenvalue weighted by atomic mass is 32.1. The zero-order valence-corrected chi connectivity index (χ0v) is 7.96. The van der Waals surface area contributed by atoms with Gasteiger partial charge in [-0.3, -0.25) is 4.40 Å². The van der Waals surface area contributed by atoms with Crippen LogP contribution < -0.4 is 5.73 Å². The van der Waals surface area contributed by atoms with E-state index in [2.05, 4.69) is 4.98 Å². The standard InChI is InChI=1S/C8H11N3OS/c9-1-3-12-6-7-5-11-2-4-13-8(11)10-7/h2,4-5H,1,3,6,9H2.